The molecule has 2 aromatic rings. The number of thiophene rings is 1. The number of hydrogen-bond donors (Lipinski definition) is 1. The van der Waals surface area contributed by atoms with Crippen molar-refractivity contribution in [3.05, 3.63) is 27.1 Å². The van der Waals surface area contributed by atoms with Gasteiger partial charge in [-0.1, -0.05) is 11.3 Å². The molecule has 22 heavy (non-hydrogen) atoms. The number of fused-ring (bicyclic) bond motifs is 1. The minimum absolute atomic E-state index is 0.236. The number of carbonyl (C=O) groups is 1. The average molecular weight is 333 g/mol. The summed E-state index contributed by atoms with van der Waals surface area (Å²) in [5.74, 6) is -0.953. The van der Waals surface area contributed by atoms with Crippen molar-refractivity contribution in [1.82, 2.24) is 4.98 Å². The van der Waals surface area contributed by atoms with Crippen molar-refractivity contribution in [3.8, 4) is 6.07 Å². The van der Waals surface area contributed by atoms with Crippen LogP contribution in [-0.4, -0.2) is 22.6 Å². The molecule has 0 amide bonds. The maximum atomic E-state index is 11.1. The molecule has 0 saturated heterocycles. The lowest BCUT2D eigenvalue weighted by atomic mass is 9.93. The third-order valence-corrected chi connectivity index (χ3v) is 6.01. The van der Waals surface area contributed by atoms with Crippen LogP contribution in [0.2, 0.25) is 0 Å². The third kappa shape index (κ3) is 2.49. The van der Waals surface area contributed by atoms with Crippen molar-refractivity contribution < 1.29 is 9.90 Å². The van der Waals surface area contributed by atoms with Crippen molar-refractivity contribution in [1.29, 1.82) is 5.26 Å². The minimum Gasteiger partial charge on any atom is -0.477 e. The summed E-state index contributed by atoms with van der Waals surface area (Å²) in [4.78, 5) is 18.4. The molecule has 2 heterocycles. The fraction of sp³-hybridized carbons (Fsp3) is 0.400. The second kappa shape index (κ2) is 6.07. The van der Waals surface area contributed by atoms with E-state index in [0.717, 1.165) is 35.6 Å². The van der Waals surface area contributed by atoms with E-state index in [2.05, 4.69) is 11.1 Å². The van der Waals surface area contributed by atoms with Crippen LogP contribution in [0, 0.1) is 11.3 Å². The highest BCUT2D eigenvalue weighted by molar-refractivity contribution is 7.19. The number of anilines is 2. The molecule has 0 saturated carbocycles. The number of nitrogens with zero attached hydrogens (tertiary/aromatic N) is 3. The quantitative estimate of drug-likeness (QED) is 0.920. The first kappa shape index (κ1) is 15.0. The molecule has 0 radical (unpaired) electrons. The molecule has 114 valence electrons. The highest BCUT2D eigenvalue weighted by Gasteiger charge is 2.26. The van der Waals surface area contributed by atoms with Gasteiger partial charge >= 0.3 is 5.97 Å². The van der Waals surface area contributed by atoms with E-state index >= 15 is 0 Å². The van der Waals surface area contributed by atoms with E-state index < -0.39 is 5.97 Å². The third-order valence-electron chi connectivity index (χ3n) is 3.80. The monoisotopic (exact) mass is 333 g/mol. The summed E-state index contributed by atoms with van der Waals surface area (Å²) < 4.78 is 0. The first-order valence-electron chi connectivity index (χ1n) is 7.17. The number of rotatable bonds is 4. The van der Waals surface area contributed by atoms with Gasteiger partial charge in [0, 0.05) is 6.54 Å². The number of carboxylic acids is 1. The van der Waals surface area contributed by atoms with Crippen LogP contribution < -0.4 is 4.90 Å². The van der Waals surface area contributed by atoms with Gasteiger partial charge in [0.2, 0.25) is 0 Å². The largest absolute Gasteiger partial charge is 0.477 e. The molecule has 0 bridgehead atoms. The molecular formula is C15H15N3O2S2. The van der Waals surface area contributed by atoms with Gasteiger partial charge in [-0.3, -0.25) is 0 Å². The lowest BCUT2D eigenvalue weighted by Gasteiger charge is -2.21. The van der Waals surface area contributed by atoms with Crippen LogP contribution in [-0.2, 0) is 12.8 Å². The number of aromatic carboxylic acids is 1. The Kier molecular flexibility index (Phi) is 4.14. The SMILES string of the molecule is CCN(c1ncc(C(=O)O)s1)c1sc(C#N)c2c1CCCC2. The summed E-state index contributed by atoms with van der Waals surface area (Å²) in [6, 6.07) is 2.31. The first-order valence-corrected chi connectivity index (χ1v) is 8.80. The molecule has 0 unspecified atom stereocenters. The fourth-order valence-electron chi connectivity index (χ4n) is 2.77. The van der Waals surface area contributed by atoms with Crippen molar-refractivity contribution in [3.63, 3.8) is 0 Å². The summed E-state index contributed by atoms with van der Waals surface area (Å²) in [6.07, 6.45) is 5.61. The van der Waals surface area contributed by atoms with E-state index in [1.807, 2.05) is 11.8 Å². The van der Waals surface area contributed by atoms with Gasteiger partial charge in [0.05, 0.1) is 6.20 Å². The van der Waals surface area contributed by atoms with Crippen LogP contribution in [0.25, 0.3) is 0 Å². The highest BCUT2D eigenvalue weighted by atomic mass is 32.1. The molecule has 0 spiro atoms. The van der Waals surface area contributed by atoms with Crippen molar-refractivity contribution >= 4 is 38.8 Å². The van der Waals surface area contributed by atoms with Crippen LogP contribution in [0.1, 0.15) is 45.4 Å². The topological polar surface area (TPSA) is 77.2 Å². The second-order valence-electron chi connectivity index (χ2n) is 5.07. The van der Waals surface area contributed by atoms with Crippen LogP contribution >= 0.6 is 22.7 Å². The highest BCUT2D eigenvalue weighted by Crippen LogP contribution is 2.43. The molecular weight excluding hydrogens is 318 g/mol. The first-order chi connectivity index (χ1) is 10.7. The van der Waals surface area contributed by atoms with Crippen LogP contribution in [0.5, 0.6) is 0 Å². The summed E-state index contributed by atoms with van der Waals surface area (Å²) >= 11 is 2.68. The molecule has 1 N–H and O–H groups in total. The second-order valence-corrected chi connectivity index (χ2v) is 7.08. The van der Waals surface area contributed by atoms with Gasteiger partial charge in [-0.15, -0.1) is 11.3 Å². The maximum Gasteiger partial charge on any atom is 0.347 e. The Morgan fingerprint density at radius 2 is 2.14 bits per heavy atom. The molecule has 0 atom stereocenters. The van der Waals surface area contributed by atoms with Crippen LogP contribution in [0.4, 0.5) is 10.1 Å². The average Bonchev–Trinajstić information content (AvgIpc) is 3.14. The molecule has 0 aliphatic heterocycles. The number of nitriles is 1. The molecule has 2 aromatic heterocycles. The van der Waals surface area contributed by atoms with E-state index in [4.69, 9.17) is 5.11 Å². The molecule has 3 rings (SSSR count). The smallest absolute Gasteiger partial charge is 0.347 e. The zero-order valence-corrected chi connectivity index (χ0v) is 13.8. The van der Waals surface area contributed by atoms with Crippen LogP contribution in [0.3, 0.4) is 0 Å². The van der Waals surface area contributed by atoms with E-state index in [1.165, 1.54) is 40.0 Å². The van der Waals surface area contributed by atoms with E-state index in [9.17, 15) is 10.1 Å². The summed E-state index contributed by atoms with van der Waals surface area (Å²) in [7, 11) is 0. The van der Waals surface area contributed by atoms with Gasteiger partial charge in [0.25, 0.3) is 0 Å². The predicted molar refractivity (Wildman–Crippen MR) is 87.4 cm³/mol. The van der Waals surface area contributed by atoms with Gasteiger partial charge < -0.3 is 10.0 Å². The van der Waals surface area contributed by atoms with Crippen molar-refractivity contribution in [2.75, 3.05) is 11.4 Å². The van der Waals surface area contributed by atoms with Crippen molar-refractivity contribution in [2.45, 2.75) is 32.6 Å². The lowest BCUT2D eigenvalue weighted by Crippen LogP contribution is -2.16. The Balaban J connectivity index is 2.05. The Hall–Kier alpha value is -1.91. The number of thiazole rings is 1. The summed E-state index contributed by atoms with van der Waals surface area (Å²) in [5, 5.41) is 20.2. The molecule has 7 heteroatoms. The zero-order chi connectivity index (χ0) is 15.7. The molecule has 1 aliphatic carbocycles. The number of carboxylic acid groups (broad SMARTS) is 1. The normalized spacial score (nSPS) is 13.5. The zero-order valence-electron chi connectivity index (χ0n) is 12.1. The van der Waals surface area contributed by atoms with Crippen LogP contribution in [0.15, 0.2) is 6.20 Å². The number of aromatic nitrogens is 1. The summed E-state index contributed by atoms with van der Waals surface area (Å²) in [5.41, 5.74) is 2.43. The molecule has 0 aromatic carbocycles. The van der Waals surface area contributed by atoms with Crippen molar-refractivity contribution in [2.24, 2.45) is 0 Å². The van der Waals surface area contributed by atoms with E-state index in [1.54, 1.807) is 0 Å². The molecule has 5 nitrogen and oxygen atoms in total. The number of hydrogen-bond acceptors (Lipinski definition) is 6. The predicted octanol–water partition coefficient (Wildman–Crippen LogP) is 3.81. The minimum atomic E-state index is -0.953. The maximum absolute atomic E-state index is 11.1. The van der Waals surface area contributed by atoms with Gasteiger partial charge in [0.1, 0.15) is 20.8 Å². The lowest BCUT2D eigenvalue weighted by molar-refractivity contribution is 0.0702. The Morgan fingerprint density at radius 1 is 1.41 bits per heavy atom. The molecule has 0 fully saturated rings. The Morgan fingerprint density at radius 3 is 2.73 bits per heavy atom. The van der Waals surface area contributed by atoms with E-state index in [-0.39, 0.29) is 4.88 Å². The fourth-order valence-corrected chi connectivity index (χ4v) is 4.92. The Labute approximate surface area is 136 Å². The Bertz CT molecular complexity index is 757. The standard InChI is InChI=1S/C15H15N3O2S2/c1-2-18(15-17-8-12(22-15)14(19)20)13-10-6-4-3-5-9(10)11(7-16)21-13/h8H,2-6H2,1H3,(H,19,20). The summed E-state index contributed by atoms with van der Waals surface area (Å²) in [6.45, 7) is 2.72. The van der Waals surface area contributed by atoms with E-state index in [0.29, 0.717) is 11.7 Å². The van der Waals surface area contributed by atoms with Gasteiger partial charge in [-0.25, -0.2) is 9.78 Å². The van der Waals surface area contributed by atoms with Gasteiger partial charge in [-0.2, -0.15) is 5.26 Å². The van der Waals surface area contributed by atoms with Gasteiger partial charge in [0.15, 0.2) is 5.13 Å². The van der Waals surface area contributed by atoms with Gasteiger partial charge in [-0.05, 0) is 43.7 Å². The molecule has 1 aliphatic rings.